The second-order valence-corrected chi connectivity index (χ2v) is 4.90. The Morgan fingerprint density at radius 2 is 2.14 bits per heavy atom. The third kappa shape index (κ3) is 3.73. The summed E-state index contributed by atoms with van der Waals surface area (Å²) in [4.78, 5) is 11.4. The molecule has 1 aromatic carbocycles. The lowest BCUT2D eigenvalue weighted by molar-refractivity contribution is -0.118. The van der Waals surface area contributed by atoms with Crippen molar-refractivity contribution in [2.75, 3.05) is 18.1 Å². The zero-order chi connectivity index (χ0) is 15.2. The molecule has 6 nitrogen and oxygen atoms in total. The van der Waals surface area contributed by atoms with Crippen molar-refractivity contribution in [1.29, 1.82) is 0 Å². The second-order valence-electron chi connectivity index (χ2n) is 3.95. The predicted molar refractivity (Wildman–Crippen MR) is 78.1 cm³/mol. The molecule has 0 aliphatic rings. The highest BCUT2D eigenvalue weighted by Crippen LogP contribution is 2.21. The first-order chi connectivity index (χ1) is 10.1. The van der Waals surface area contributed by atoms with E-state index in [0.29, 0.717) is 16.5 Å². The number of hydrogen-bond acceptors (Lipinski definition) is 5. The number of carbonyl (C=O) groups excluding carboxylic acids is 1. The molecular weight excluding hydrogens is 293 g/mol. The standard InChI is InChI=1S/C13H12FN5OS/c1-2-7-16-11(20)8-21-13-18-17-12(19(13)15)9-3-5-10(14)6-4-9/h1,3-6H,7-8,15H2,(H,16,20). The van der Waals surface area contributed by atoms with E-state index in [4.69, 9.17) is 12.3 Å². The number of amides is 1. The highest BCUT2D eigenvalue weighted by molar-refractivity contribution is 7.99. The van der Waals surface area contributed by atoms with Crippen molar-refractivity contribution in [3.63, 3.8) is 0 Å². The minimum absolute atomic E-state index is 0.125. The van der Waals surface area contributed by atoms with Crippen molar-refractivity contribution in [1.82, 2.24) is 20.2 Å². The average molecular weight is 305 g/mol. The van der Waals surface area contributed by atoms with Gasteiger partial charge in [0.05, 0.1) is 12.3 Å². The van der Waals surface area contributed by atoms with Crippen LogP contribution in [0, 0.1) is 18.2 Å². The molecular formula is C13H12FN5OS. The fourth-order valence-electron chi connectivity index (χ4n) is 1.50. The molecule has 8 heteroatoms. The Morgan fingerprint density at radius 3 is 2.81 bits per heavy atom. The quantitative estimate of drug-likeness (QED) is 0.481. The maximum atomic E-state index is 12.9. The van der Waals surface area contributed by atoms with Crippen LogP contribution in [0.15, 0.2) is 29.4 Å². The van der Waals surface area contributed by atoms with E-state index in [0.717, 1.165) is 11.8 Å². The number of aromatic nitrogens is 3. The van der Waals surface area contributed by atoms with Crippen LogP contribution >= 0.6 is 11.8 Å². The summed E-state index contributed by atoms with van der Waals surface area (Å²) < 4.78 is 14.1. The molecule has 0 bridgehead atoms. The summed E-state index contributed by atoms with van der Waals surface area (Å²) in [6.07, 6.45) is 5.04. The maximum Gasteiger partial charge on any atom is 0.231 e. The van der Waals surface area contributed by atoms with Gasteiger partial charge in [0.15, 0.2) is 5.82 Å². The van der Waals surface area contributed by atoms with Gasteiger partial charge < -0.3 is 11.2 Å². The molecule has 2 rings (SSSR count). The summed E-state index contributed by atoms with van der Waals surface area (Å²) in [5.74, 6) is 8.13. The first kappa shape index (κ1) is 14.9. The minimum Gasteiger partial charge on any atom is -0.344 e. The van der Waals surface area contributed by atoms with Crippen LogP contribution in [0.5, 0.6) is 0 Å². The fraction of sp³-hybridized carbons (Fsp3) is 0.154. The van der Waals surface area contributed by atoms with Crippen LogP contribution in [0.1, 0.15) is 0 Å². The minimum atomic E-state index is -0.346. The Morgan fingerprint density at radius 1 is 1.43 bits per heavy atom. The molecule has 21 heavy (non-hydrogen) atoms. The Labute approximate surface area is 124 Å². The Bertz CT molecular complexity index is 677. The van der Waals surface area contributed by atoms with Gasteiger partial charge in [-0.15, -0.1) is 16.6 Å². The summed E-state index contributed by atoms with van der Waals surface area (Å²) in [6, 6.07) is 5.72. The van der Waals surface area contributed by atoms with Crippen LogP contribution in [0.25, 0.3) is 11.4 Å². The highest BCUT2D eigenvalue weighted by Gasteiger charge is 2.13. The van der Waals surface area contributed by atoms with Crippen LogP contribution in [-0.2, 0) is 4.79 Å². The first-order valence-electron chi connectivity index (χ1n) is 5.91. The molecule has 0 unspecified atom stereocenters. The molecule has 0 aliphatic heterocycles. The molecule has 0 saturated heterocycles. The molecule has 0 fully saturated rings. The van der Waals surface area contributed by atoms with E-state index in [1.165, 1.54) is 16.8 Å². The van der Waals surface area contributed by atoms with Crippen LogP contribution in [0.3, 0.4) is 0 Å². The second kappa shape index (κ2) is 6.76. The van der Waals surface area contributed by atoms with Gasteiger partial charge in [0.25, 0.3) is 0 Å². The van der Waals surface area contributed by atoms with E-state index in [2.05, 4.69) is 21.4 Å². The third-order valence-electron chi connectivity index (χ3n) is 2.49. The predicted octanol–water partition coefficient (Wildman–Crippen LogP) is 0.640. The SMILES string of the molecule is C#CCNC(=O)CSc1nnc(-c2ccc(F)cc2)n1N. The van der Waals surface area contributed by atoms with Crippen molar-refractivity contribution in [2.24, 2.45) is 0 Å². The number of nitrogens with two attached hydrogens (primary N) is 1. The lowest BCUT2D eigenvalue weighted by Crippen LogP contribution is -2.25. The van der Waals surface area contributed by atoms with Gasteiger partial charge in [0, 0.05) is 5.56 Å². The fourth-order valence-corrected chi connectivity index (χ4v) is 2.19. The Hall–Kier alpha value is -2.53. The summed E-state index contributed by atoms with van der Waals surface area (Å²) >= 11 is 1.13. The van der Waals surface area contributed by atoms with Crippen molar-refractivity contribution < 1.29 is 9.18 Å². The van der Waals surface area contributed by atoms with Gasteiger partial charge in [0.1, 0.15) is 5.82 Å². The van der Waals surface area contributed by atoms with Gasteiger partial charge in [-0.3, -0.25) is 4.79 Å². The van der Waals surface area contributed by atoms with Gasteiger partial charge in [0.2, 0.25) is 11.1 Å². The number of halogens is 1. The molecule has 0 atom stereocenters. The van der Waals surface area contributed by atoms with Gasteiger partial charge in [-0.2, -0.15) is 0 Å². The molecule has 1 aromatic heterocycles. The molecule has 3 N–H and O–H groups in total. The van der Waals surface area contributed by atoms with Crippen molar-refractivity contribution in [3.05, 3.63) is 30.1 Å². The normalized spacial score (nSPS) is 10.1. The third-order valence-corrected chi connectivity index (χ3v) is 3.43. The Kier molecular flexibility index (Phi) is 4.79. The zero-order valence-electron chi connectivity index (χ0n) is 10.9. The van der Waals surface area contributed by atoms with E-state index in [-0.39, 0.29) is 24.0 Å². The van der Waals surface area contributed by atoms with E-state index < -0.39 is 0 Å². The number of rotatable bonds is 5. The van der Waals surface area contributed by atoms with Crippen molar-refractivity contribution in [2.45, 2.75) is 5.16 Å². The molecule has 0 radical (unpaired) electrons. The van der Waals surface area contributed by atoms with E-state index in [1.54, 1.807) is 12.1 Å². The number of benzene rings is 1. The number of nitrogen functional groups attached to an aromatic ring is 1. The van der Waals surface area contributed by atoms with Gasteiger partial charge >= 0.3 is 0 Å². The molecule has 1 amide bonds. The summed E-state index contributed by atoms with van der Waals surface area (Å²) in [7, 11) is 0. The number of nitrogens with one attached hydrogen (secondary N) is 1. The monoisotopic (exact) mass is 305 g/mol. The molecule has 2 aromatic rings. The van der Waals surface area contributed by atoms with Crippen LogP contribution in [0.2, 0.25) is 0 Å². The zero-order valence-corrected chi connectivity index (χ0v) is 11.7. The van der Waals surface area contributed by atoms with E-state index >= 15 is 0 Å². The largest absolute Gasteiger partial charge is 0.344 e. The molecule has 0 saturated carbocycles. The van der Waals surface area contributed by atoms with E-state index in [1.807, 2.05) is 0 Å². The highest BCUT2D eigenvalue weighted by atomic mass is 32.2. The number of hydrogen-bond donors (Lipinski definition) is 2. The van der Waals surface area contributed by atoms with E-state index in [9.17, 15) is 9.18 Å². The van der Waals surface area contributed by atoms with Gasteiger partial charge in [-0.1, -0.05) is 17.7 Å². The van der Waals surface area contributed by atoms with Gasteiger partial charge in [-0.25, -0.2) is 9.07 Å². The lowest BCUT2D eigenvalue weighted by Gasteiger charge is -2.03. The topological polar surface area (TPSA) is 85.8 Å². The molecule has 1 heterocycles. The number of terminal acetylenes is 1. The van der Waals surface area contributed by atoms with Crippen LogP contribution in [0.4, 0.5) is 4.39 Å². The molecule has 0 spiro atoms. The summed E-state index contributed by atoms with van der Waals surface area (Å²) in [5.41, 5.74) is 0.634. The Balaban J connectivity index is 2.05. The van der Waals surface area contributed by atoms with Crippen LogP contribution < -0.4 is 11.2 Å². The number of thioether (sulfide) groups is 1. The maximum absolute atomic E-state index is 12.9. The summed E-state index contributed by atoms with van der Waals surface area (Å²) in [5, 5.41) is 10.8. The number of carbonyl (C=O) groups is 1. The first-order valence-corrected chi connectivity index (χ1v) is 6.89. The van der Waals surface area contributed by atoms with Crippen LogP contribution in [-0.4, -0.2) is 33.1 Å². The molecule has 0 aliphatic carbocycles. The van der Waals surface area contributed by atoms with Gasteiger partial charge in [-0.05, 0) is 24.3 Å². The molecule has 108 valence electrons. The smallest absolute Gasteiger partial charge is 0.231 e. The lowest BCUT2D eigenvalue weighted by atomic mass is 10.2. The van der Waals surface area contributed by atoms with Crippen molar-refractivity contribution >= 4 is 17.7 Å². The summed E-state index contributed by atoms with van der Waals surface area (Å²) in [6.45, 7) is 0.176. The number of nitrogens with zero attached hydrogens (tertiary/aromatic N) is 3. The van der Waals surface area contributed by atoms with Crippen molar-refractivity contribution in [3.8, 4) is 23.7 Å². The average Bonchev–Trinajstić information content (AvgIpc) is 2.85.